The van der Waals surface area contributed by atoms with Crippen LogP contribution in [-0.4, -0.2) is 50.2 Å². The van der Waals surface area contributed by atoms with Gasteiger partial charge in [-0.15, -0.1) is 0 Å². The molecule has 144 valence electrons. The summed E-state index contributed by atoms with van der Waals surface area (Å²) in [6, 6.07) is 15.9. The predicted octanol–water partition coefficient (Wildman–Crippen LogP) is 2.78. The molecule has 1 heterocycles. The SMILES string of the molecule is O=C(COc1ccc(F)cc1)NCCCN1CCO[C@@H](c2ccccc2)C1. The Morgan fingerprint density at radius 3 is 2.74 bits per heavy atom. The van der Waals surface area contributed by atoms with Gasteiger partial charge in [-0.25, -0.2) is 4.39 Å². The second-order valence-corrected chi connectivity index (χ2v) is 6.52. The Kier molecular flexibility index (Phi) is 7.19. The zero-order valence-corrected chi connectivity index (χ0v) is 15.3. The second-order valence-electron chi connectivity index (χ2n) is 6.52. The molecule has 1 N–H and O–H groups in total. The van der Waals surface area contributed by atoms with E-state index in [0.717, 1.165) is 32.7 Å². The lowest BCUT2D eigenvalue weighted by molar-refractivity contribution is -0.123. The number of nitrogens with one attached hydrogen (secondary N) is 1. The molecule has 27 heavy (non-hydrogen) atoms. The van der Waals surface area contributed by atoms with Crippen molar-refractivity contribution in [2.75, 3.05) is 39.4 Å². The van der Waals surface area contributed by atoms with Gasteiger partial charge in [0, 0.05) is 26.2 Å². The van der Waals surface area contributed by atoms with E-state index in [1.807, 2.05) is 18.2 Å². The first kappa shape index (κ1) is 19.3. The standard InChI is InChI=1S/C21H25FN2O3/c22-18-7-9-19(10-8-18)27-16-21(25)23-11-4-12-24-13-14-26-20(15-24)17-5-2-1-3-6-17/h1-3,5-10,20H,4,11-16H2,(H,23,25)/t20-/m1/s1. The highest BCUT2D eigenvalue weighted by Gasteiger charge is 2.21. The molecule has 6 heteroatoms. The van der Waals surface area contributed by atoms with Crippen molar-refractivity contribution in [3.05, 3.63) is 66.0 Å². The normalized spacial score (nSPS) is 17.4. The van der Waals surface area contributed by atoms with E-state index in [1.165, 1.54) is 29.8 Å². The van der Waals surface area contributed by atoms with Crippen LogP contribution in [0.4, 0.5) is 4.39 Å². The number of halogens is 1. The fourth-order valence-corrected chi connectivity index (χ4v) is 3.04. The third kappa shape index (κ3) is 6.34. The Balaban J connectivity index is 1.31. The Morgan fingerprint density at radius 1 is 1.19 bits per heavy atom. The van der Waals surface area contributed by atoms with Gasteiger partial charge in [-0.05, 0) is 36.2 Å². The van der Waals surface area contributed by atoms with E-state index in [0.29, 0.717) is 12.3 Å². The minimum atomic E-state index is -0.329. The molecule has 1 amide bonds. The fraction of sp³-hybridized carbons (Fsp3) is 0.381. The average molecular weight is 372 g/mol. The first-order chi connectivity index (χ1) is 13.2. The molecule has 2 aromatic carbocycles. The van der Waals surface area contributed by atoms with Crippen molar-refractivity contribution in [2.24, 2.45) is 0 Å². The summed E-state index contributed by atoms with van der Waals surface area (Å²) in [4.78, 5) is 14.2. The second kappa shape index (κ2) is 10.0. The number of hydrogen-bond donors (Lipinski definition) is 1. The Morgan fingerprint density at radius 2 is 1.96 bits per heavy atom. The molecule has 0 radical (unpaired) electrons. The minimum absolute atomic E-state index is 0.0702. The molecule has 0 bridgehead atoms. The summed E-state index contributed by atoms with van der Waals surface area (Å²) in [7, 11) is 0. The molecule has 0 saturated carbocycles. The van der Waals surface area contributed by atoms with Crippen molar-refractivity contribution >= 4 is 5.91 Å². The average Bonchev–Trinajstić information content (AvgIpc) is 2.72. The summed E-state index contributed by atoms with van der Waals surface area (Å²) in [6.45, 7) is 3.93. The van der Waals surface area contributed by atoms with Crippen molar-refractivity contribution in [3.63, 3.8) is 0 Å². The number of hydrogen-bond acceptors (Lipinski definition) is 4. The van der Waals surface area contributed by atoms with Crippen LogP contribution >= 0.6 is 0 Å². The molecule has 3 rings (SSSR count). The Bertz CT molecular complexity index is 709. The summed E-state index contributed by atoms with van der Waals surface area (Å²) in [5.41, 5.74) is 1.20. The van der Waals surface area contributed by atoms with Gasteiger partial charge in [-0.1, -0.05) is 30.3 Å². The third-order valence-electron chi connectivity index (χ3n) is 4.48. The van der Waals surface area contributed by atoms with E-state index >= 15 is 0 Å². The third-order valence-corrected chi connectivity index (χ3v) is 4.48. The number of carbonyl (C=O) groups excluding carboxylic acids is 1. The van der Waals surface area contributed by atoms with Crippen LogP contribution in [0, 0.1) is 5.82 Å². The number of carbonyl (C=O) groups is 1. The number of ether oxygens (including phenoxy) is 2. The largest absolute Gasteiger partial charge is 0.484 e. The first-order valence-electron chi connectivity index (χ1n) is 9.25. The minimum Gasteiger partial charge on any atom is -0.484 e. The van der Waals surface area contributed by atoms with Crippen molar-refractivity contribution < 1.29 is 18.7 Å². The molecule has 0 unspecified atom stereocenters. The molecule has 0 spiro atoms. The lowest BCUT2D eigenvalue weighted by Crippen LogP contribution is -2.40. The highest BCUT2D eigenvalue weighted by Crippen LogP contribution is 2.21. The van der Waals surface area contributed by atoms with Gasteiger partial charge < -0.3 is 14.8 Å². The number of morpholine rings is 1. The molecular formula is C21H25FN2O3. The molecule has 1 atom stereocenters. The van der Waals surface area contributed by atoms with Gasteiger partial charge in [-0.3, -0.25) is 9.69 Å². The fourth-order valence-electron chi connectivity index (χ4n) is 3.04. The molecule has 0 aliphatic carbocycles. The zero-order valence-electron chi connectivity index (χ0n) is 15.3. The van der Waals surface area contributed by atoms with Crippen LogP contribution in [0.15, 0.2) is 54.6 Å². The van der Waals surface area contributed by atoms with Crippen LogP contribution in [-0.2, 0) is 9.53 Å². The van der Waals surface area contributed by atoms with Crippen molar-refractivity contribution in [1.29, 1.82) is 0 Å². The number of amides is 1. The summed E-state index contributed by atoms with van der Waals surface area (Å²) in [6.07, 6.45) is 0.975. The summed E-state index contributed by atoms with van der Waals surface area (Å²) in [5, 5.41) is 2.85. The number of rotatable bonds is 8. The molecular weight excluding hydrogens is 347 g/mol. The van der Waals surface area contributed by atoms with Crippen LogP contribution < -0.4 is 10.1 Å². The molecule has 5 nitrogen and oxygen atoms in total. The van der Waals surface area contributed by atoms with Crippen LogP contribution in [0.25, 0.3) is 0 Å². The van der Waals surface area contributed by atoms with E-state index < -0.39 is 0 Å². The number of nitrogens with zero attached hydrogens (tertiary/aromatic N) is 1. The molecule has 2 aromatic rings. The van der Waals surface area contributed by atoms with Gasteiger partial charge in [0.2, 0.25) is 0 Å². The van der Waals surface area contributed by atoms with Crippen molar-refractivity contribution in [1.82, 2.24) is 10.2 Å². The Hall–Kier alpha value is -2.44. The summed E-state index contributed by atoms with van der Waals surface area (Å²) >= 11 is 0. The lowest BCUT2D eigenvalue weighted by Gasteiger charge is -2.33. The van der Waals surface area contributed by atoms with Crippen LogP contribution in [0.3, 0.4) is 0 Å². The van der Waals surface area contributed by atoms with Gasteiger partial charge in [0.1, 0.15) is 11.6 Å². The molecule has 1 fully saturated rings. The topological polar surface area (TPSA) is 50.8 Å². The predicted molar refractivity (Wildman–Crippen MR) is 101 cm³/mol. The van der Waals surface area contributed by atoms with Gasteiger partial charge in [0.25, 0.3) is 5.91 Å². The smallest absolute Gasteiger partial charge is 0.257 e. The van der Waals surface area contributed by atoms with Crippen molar-refractivity contribution in [2.45, 2.75) is 12.5 Å². The van der Waals surface area contributed by atoms with Crippen LogP contribution in [0.5, 0.6) is 5.75 Å². The van der Waals surface area contributed by atoms with E-state index in [2.05, 4.69) is 22.3 Å². The monoisotopic (exact) mass is 372 g/mol. The van der Waals surface area contributed by atoms with Crippen molar-refractivity contribution in [3.8, 4) is 5.75 Å². The molecule has 1 aliphatic heterocycles. The molecule has 0 aromatic heterocycles. The first-order valence-corrected chi connectivity index (χ1v) is 9.25. The summed E-state index contributed by atoms with van der Waals surface area (Å²) < 4.78 is 24.0. The maximum Gasteiger partial charge on any atom is 0.257 e. The summed E-state index contributed by atoms with van der Waals surface area (Å²) in [5.74, 6) is -0.0281. The van der Waals surface area contributed by atoms with Crippen LogP contribution in [0.2, 0.25) is 0 Å². The highest BCUT2D eigenvalue weighted by molar-refractivity contribution is 5.77. The van der Waals surface area contributed by atoms with Gasteiger partial charge in [-0.2, -0.15) is 0 Å². The maximum absolute atomic E-state index is 12.8. The van der Waals surface area contributed by atoms with E-state index in [4.69, 9.17) is 9.47 Å². The van der Waals surface area contributed by atoms with E-state index in [1.54, 1.807) is 0 Å². The van der Waals surface area contributed by atoms with Crippen LogP contribution in [0.1, 0.15) is 18.1 Å². The molecule has 1 saturated heterocycles. The van der Waals surface area contributed by atoms with Gasteiger partial charge in [0.05, 0.1) is 12.7 Å². The van der Waals surface area contributed by atoms with E-state index in [-0.39, 0.29) is 24.4 Å². The Labute approximate surface area is 159 Å². The number of benzene rings is 2. The molecule has 1 aliphatic rings. The maximum atomic E-state index is 12.8. The van der Waals surface area contributed by atoms with E-state index in [9.17, 15) is 9.18 Å². The van der Waals surface area contributed by atoms with Gasteiger partial charge in [0.15, 0.2) is 6.61 Å². The lowest BCUT2D eigenvalue weighted by atomic mass is 10.1. The quantitative estimate of drug-likeness (QED) is 0.724. The highest BCUT2D eigenvalue weighted by atomic mass is 19.1. The van der Waals surface area contributed by atoms with Gasteiger partial charge >= 0.3 is 0 Å². The zero-order chi connectivity index (χ0) is 18.9.